The molecular formula is C27H34N2O8. The van der Waals surface area contributed by atoms with Crippen LogP contribution < -0.4 is 10.6 Å². The highest BCUT2D eigenvalue weighted by molar-refractivity contribution is 5.89. The molecular weight excluding hydrogens is 480 g/mol. The molecule has 200 valence electrons. The molecule has 2 rings (SSSR count). The average Bonchev–Trinajstić information content (AvgIpc) is 2.85. The van der Waals surface area contributed by atoms with Gasteiger partial charge in [0.1, 0.15) is 18.2 Å². The minimum absolute atomic E-state index is 0.0722. The van der Waals surface area contributed by atoms with E-state index in [1.54, 1.807) is 57.2 Å². The predicted octanol–water partition coefficient (Wildman–Crippen LogP) is 2.52. The number of alkyl carbamates (subject to hydrolysis) is 1. The summed E-state index contributed by atoms with van der Waals surface area (Å²) >= 11 is 0. The van der Waals surface area contributed by atoms with Crippen molar-refractivity contribution in [3.63, 3.8) is 0 Å². The van der Waals surface area contributed by atoms with Crippen LogP contribution in [0.4, 0.5) is 4.79 Å². The third-order valence-electron chi connectivity index (χ3n) is 4.97. The molecule has 2 amide bonds. The number of carbonyl (C=O) groups is 4. The van der Waals surface area contributed by atoms with Crippen molar-refractivity contribution in [1.82, 2.24) is 10.6 Å². The monoisotopic (exact) mass is 514 g/mol. The Labute approximate surface area is 216 Å². The quantitative estimate of drug-likeness (QED) is 0.307. The van der Waals surface area contributed by atoms with Gasteiger partial charge in [-0.25, -0.2) is 14.4 Å². The number of ether oxygens (including phenoxy) is 3. The first-order chi connectivity index (χ1) is 17.5. The van der Waals surface area contributed by atoms with E-state index >= 15 is 0 Å². The van der Waals surface area contributed by atoms with Crippen LogP contribution in [0.1, 0.15) is 48.7 Å². The van der Waals surface area contributed by atoms with Gasteiger partial charge in [-0.3, -0.25) is 4.79 Å². The highest BCUT2D eigenvalue weighted by Gasteiger charge is 2.24. The van der Waals surface area contributed by atoms with Crippen LogP contribution in [0.5, 0.6) is 0 Å². The molecule has 0 aromatic heterocycles. The summed E-state index contributed by atoms with van der Waals surface area (Å²) < 4.78 is 15.2. The fourth-order valence-corrected chi connectivity index (χ4v) is 3.20. The summed E-state index contributed by atoms with van der Waals surface area (Å²) in [4.78, 5) is 48.6. The van der Waals surface area contributed by atoms with Crippen molar-refractivity contribution in [3.05, 3.63) is 71.3 Å². The average molecular weight is 515 g/mol. The number of nitrogens with one attached hydrogen (secondary N) is 2. The Balaban J connectivity index is 1.84. The topological polar surface area (TPSA) is 140 Å². The van der Waals surface area contributed by atoms with E-state index in [2.05, 4.69) is 10.6 Å². The maximum atomic E-state index is 12.4. The summed E-state index contributed by atoms with van der Waals surface area (Å²) in [6.07, 6.45) is -2.18. The Hall–Kier alpha value is -3.92. The minimum Gasteiger partial charge on any atom is -0.467 e. The zero-order valence-electron chi connectivity index (χ0n) is 21.5. The summed E-state index contributed by atoms with van der Waals surface area (Å²) in [6, 6.07) is 14.5. The van der Waals surface area contributed by atoms with Crippen LogP contribution in [0.2, 0.25) is 0 Å². The van der Waals surface area contributed by atoms with Gasteiger partial charge in [0.2, 0.25) is 5.91 Å². The zero-order valence-corrected chi connectivity index (χ0v) is 21.5. The molecule has 10 heteroatoms. The van der Waals surface area contributed by atoms with E-state index in [9.17, 15) is 24.3 Å². The third kappa shape index (κ3) is 11.1. The van der Waals surface area contributed by atoms with E-state index in [1.807, 2.05) is 18.2 Å². The Morgan fingerprint density at radius 3 is 2.19 bits per heavy atom. The molecule has 2 atom stereocenters. The molecule has 2 aromatic rings. The van der Waals surface area contributed by atoms with Gasteiger partial charge in [0.15, 0.2) is 0 Å². The molecule has 0 radical (unpaired) electrons. The fraction of sp³-hybridized carbons (Fsp3) is 0.407. The second-order valence-electron chi connectivity index (χ2n) is 9.35. The Morgan fingerprint density at radius 1 is 0.946 bits per heavy atom. The lowest BCUT2D eigenvalue weighted by atomic mass is 10.0. The standard InChI is InChI=1S/C27H34N2O8/c1-27(2,3)37-24(32)20-12-10-18(11-13-20)14-22(25(33)35-4)29-23(31)15-21(30)16-28-26(34)36-17-19-8-6-5-7-9-19/h5-13,21-22,30H,14-17H2,1-4H3,(H,28,34)(H,29,31)/t21-,22+/m0/s1. The molecule has 3 N–H and O–H groups in total. The summed E-state index contributed by atoms with van der Waals surface area (Å²) in [6.45, 7) is 5.17. The van der Waals surface area contributed by atoms with Crippen molar-refractivity contribution in [2.45, 2.75) is 58.0 Å². The molecule has 0 aliphatic heterocycles. The van der Waals surface area contributed by atoms with E-state index in [0.717, 1.165) is 5.56 Å². The lowest BCUT2D eigenvalue weighted by Gasteiger charge is -2.20. The molecule has 0 aliphatic rings. The molecule has 0 saturated carbocycles. The van der Waals surface area contributed by atoms with Gasteiger partial charge in [0.05, 0.1) is 25.2 Å². The predicted molar refractivity (Wildman–Crippen MR) is 135 cm³/mol. The molecule has 2 aromatic carbocycles. The second-order valence-corrected chi connectivity index (χ2v) is 9.35. The molecule has 0 spiro atoms. The number of hydrogen-bond acceptors (Lipinski definition) is 8. The maximum Gasteiger partial charge on any atom is 0.407 e. The maximum absolute atomic E-state index is 12.4. The number of esters is 2. The van der Waals surface area contributed by atoms with E-state index < -0.39 is 41.7 Å². The van der Waals surface area contributed by atoms with Gasteiger partial charge < -0.3 is 30.0 Å². The highest BCUT2D eigenvalue weighted by Crippen LogP contribution is 2.14. The molecule has 0 heterocycles. The molecule has 10 nitrogen and oxygen atoms in total. The van der Waals surface area contributed by atoms with Crippen molar-refractivity contribution < 1.29 is 38.5 Å². The van der Waals surface area contributed by atoms with Crippen molar-refractivity contribution in [1.29, 1.82) is 0 Å². The van der Waals surface area contributed by atoms with Crippen LogP contribution in [-0.2, 0) is 36.8 Å². The Bertz CT molecular complexity index is 1050. The van der Waals surface area contributed by atoms with Gasteiger partial charge in [0.25, 0.3) is 0 Å². The van der Waals surface area contributed by atoms with Crippen molar-refractivity contribution in [2.24, 2.45) is 0 Å². The number of amides is 2. The van der Waals surface area contributed by atoms with Gasteiger partial charge in [-0.15, -0.1) is 0 Å². The largest absolute Gasteiger partial charge is 0.467 e. The van der Waals surface area contributed by atoms with E-state index in [0.29, 0.717) is 11.1 Å². The van der Waals surface area contributed by atoms with Crippen molar-refractivity contribution >= 4 is 23.9 Å². The van der Waals surface area contributed by atoms with Crippen LogP contribution in [0.25, 0.3) is 0 Å². The first kappa shape index (κ1) is 29.3. The zero-order chi connectivity index (χ0) is 27.4. The molecule has 37 heavy (non-hydrogen) atoms. The van der Waals surface area contributed by atoms with E-state index in [1.165, 1.54) is 7.11 Å². The lowest BCUT2D eigenvalue weighted by molar-refractivity contribution is -0.145. The van der Waals surface area contributed by atoms with Crippen LogP contribution >= 0.6 is 0 Å². The van der Waals surface area contributed by atoms with Gasteiger partial charge in [-0.1, -0.05) is 42.5 Å². The molecule has 0 bridgehead atoms. The first-order valence-electron chi connectivity index (χ1n) is 11.8. The van der Waals surface area contributed by atoms with Crippen molar-refractivity contribution in [3.8, 4) is 0 Å². The van der Waals surface area contributed by atoms with Crippen LogP contribution in [0, 0.1) is 0 Å². The van der Waals surface area contributed by atoms with Crippen LogP contribution in [-0.4, -0.2) is 60.4 Å². The SMILES string of the molecule is COC(=O)[C@@H](Cc1ccc(C(=O)OC(C)(C)C)cc1)NC(=O)C[C@H](O)CNC(=O)OCc1ccccc1. The number of hydrogen-bond donors (Lipinski definition) is 3. The fourth-order valence-electron chi connectivity index (χ4n) is 3.20. The second kappa shape index (κ2) is 14.0. The molecule has 0 unspecified atom stereocenters. The summed E-state index contributed by atoms with van der Waals surface area (Å²) in [5.41, 5.74) is 1.21. The van der Waals surface area contributed by atoms with Crippen LogP contribution in [0.3, 0.4) is 0 Å². The number of aliphatic hydroxyl groups excluding tert-OH is 1. The number of benzene rings is 2. The minimum atomic E-state index is -1.20. The number of rotatable bonds is 11. The number of carbonyl (C=O) groups excluding carboxylic acids is 4. The molecule has 0 saturated heterocycles. The van der Waals surface area contributed by atoms with Crippen LogP contribution in [0.15, 0.2) is 54.6 Å². The molecule has 0 aliphatic carbocycles. The lowest BCUT2D eigenvalue weighted by Crippen LogP contribution is -2.45. The summed E-state index contributed by atoms with van der Waals surface area (Å²) in [5, 5.41) is 15.1. The highest BCUT2D eigenvalue weighted by atomic mass is 16.6. The Kier molecular flexibility index (Phi) is 11.1. The number of methoxy groups -OCH3 is 1. The third-order valence-corrected chi connectivity index (χ3v) is 4.97. The van der Waals surface area contributed by atoms with Gasteiger partial charge in [-0.2, -0.15) is 0 Å². The van der Waals surface area contributed by atoms with E-state index in [-0.39, 0.29) is 26.0 Å². The number of aliphatic hydroxyl groups is 1. The summed E-state index contributed by atoms with van der Waals surface area (Å²) in [5.74, 6) is -1.74. The van der Waals surface area contributed by atoms with Gasteiger partial charge >= 0.3 is 18.0 Å². The Morgan fingerprint density at radius 2 is 1.59 bits per heavy atom. The molecule has 0 fully saturated rings. The van der Waals surface area contributed by atoms with Gasteiger partial charge in [0, 0.05) is 13.0 Å². The van der Waals surface area contributed by atoms with E-state index in [4.69, 9.17) is 14.2 Å². The summed E-state index contributed by atoms with van der Waals surface area (Å²) in [7, 11) is 1.20. The normalized spacial score (nSPS) is 12.6. The van der Waals surface area contributed by atoms with Gasteiger partial charge in [-0.05, 0) is 44.0 Å². The first-order valence-corrected chi connectivity index (χ1v) is 11.8. The smallest absolute Gasteiger partial charge is 0.407 e. The van der Waals surface area contributed by atoms with Crippen molar-refractivity contribution in [2.75, 3.05) is 13.7 Å².